The van der Waals surface area contributed by atoms with E-state index in [1.54, 1.807) is 0 Å². The minimum absolute atomic E-state index is 0.00805. The van der Waals surface area contributed by atoms with Crippen LogP contribution >= 0.6 is 11.6 Å². The van der Waals surface area contributed by atoms with Crippen LogP contribution in [0.4, 0.5) is 26.3 Å². The van der Waals surface area contributed by atoms with Crippen LogP contribution in [0.2, 0.25) is 5.02 Å². The number of carbonyl (C=O) groups is 5. The van der Waals surface area contributed by atoms with E-state index < -0.39 is 76.6 Å². The average molecular weight is 924 g/mol. The Bertz CT molecular complexity index is 2420. The van der Waals surface area contributed by atoms with Crippen molar-refractivity contribution in [1.82, 2.24) is 25.3 Å². The van der Waals surface area contributed by atoms with Crippen molar-refractivity contribution in [2.24, 2.45) is 7.05 Å². The first-order valence-electron chi connectivity index (χ1n) is 19.7. The smallest absolute Gasteiger partial charge is 0.435 e. The second-order valence-electron chi connectivity index (χ2n) is 14.5. The zero-order valence-corrected chi connectivity index (χ0v) is 34.6. The summed E-state index contributed by atoms with van der Waals surface area (Å²) >= 11 is 5.82. The predicted molar refractivity (Wildman–Crippen MR) is 213 cm³/mol. The SMILES string of the molecule is Cn1nc(C(F)(F)F)cc1-c1ccc(OCCCCCOCCOCCNC(=O)COc2cccc3c2C(=O)N(C2CCC(=O)NC2=O)C3=O)c(-c2ccc(Cl)c(C(F)(F)F)c2)c1O. The molecular formula is C42H40ClF6N5O10. The number of aromatic hydroxyl groups is 1. The van der Waals surface area contributed by atoms with E-state index in [1.165, 1.54) is 43.4 Å². The molecule has 1 saturated heterocycles. The number of phenols is 1. The molecule has 64 heavy (non-hydrogen) atoms. The largest absolute Gasteiger partial charge is 0.506 e. The summed E-state index contributed by atoms with van der Waals surface area (Å²) in [4.78, 5) is 63.3. The summed E-state index contributed by atoms with van der Waals surface area (Å²) in [5.74, 6) is -3.90. The standard InChI is InChI=1S/C42H40ClF6N5O10/c1-53-29(21-32(52-53)42(47,48)49)24-9-12-31(35(37(24)57)23-8-10-27(43)26(20-23)41(44,45)46)63-16-4-2-3-15-61-18-19-62-17-14-50-34(56)22-64-30-7-5-6-25-36(30)40(60)54(39(25)59)28-11-13-33(55)51-38(28)58/h5-10,12,20-21,28,57H,2-4,11,13-19,22H2,1H3,(H,50,56)(H,51,55,58). The molecule has 4 aromatic rings. The molecule has 5 amide bonds. The number of amides is 5. The first-order chi connectivity index (χ1) is 30.4. The third-order valence-electron chi connectivity index (χ3n) is 10.1. The number of fused-ring (bicyclic) bond motifs is 1. The van der Waals surface area contributed by atoms with Gasteiger partial charge >= 0.3 is 12.4 Å². The molecule has 15 nitrogen and oxygen atoms in total. The van der Waals surface area contributed by atoms with Gasteiger partial charge in [-0.05, 0) is 73.7 Å². The van der Waals surface area contributed by atoms with Gasteiger partial charge in [-0.15, -0.1) is 0 Å². The molecule has 1 fully saturated rings. The molecule has 0 radical (unpaired) electrons. The monoisotopic (exact) mass is 923 g/mol. The fraction of sp³-hybridized carbons (Fsp3) is 0.381. The number of unbranched alkanes of at least 4 members (excludes halogenated alkanes) is 2. The number of benzene rings is 3. The lowest BCUT2D eigenvalue weighted by atomic mass is 9.97. The highest BCUT2D eigenvalue weighted by molar-refractivity contribution is 6.31. The third-order valence-corrected chi connectivity index (χ3v) is 10.4. The fourth-order valence-corrected chi connectivity index (χ4v) is 7.21. The number of phenolic OH excluding ortho intramolecular Hbond substituents is 1. The van der Waals surface area contributed by atoms with Gasteiger partial charge in [-0.3, -0.25) is 38.9 Å². The lowest BCUT2D eigenvalue weighted by molar-refractivity contribution is -0.141. The van der Waals surface area contributed by atoms with Crippen molar-refractivity contribution < 1.29 is 74.4 Å². The number of piperidine rings is 1. The van der Waals surface area contributed by atoms with Gasteiger partial charge in [0.15, 0.2) is 12.3 Å². The molecule has 3 N–H and O–H groups in total. The van der Waals surface area contributed by atoms with Gasteiger partial charge in [-0.1, -0.05) is 23.7 Å². The van der Waals surface area contributed by atoms with Gasteiger partial charge in [0, 0.05) is 32.2 Å². The first kappa shape index (κ1) is 47.3. The zero-order chi connectivity index (χ0) is 46.3. The van der Waals surface area contributed by atoms with Crippen LogP contribution in [0, 0.1) is 0 Å². The van der Waals surface area contributed by atoms with Crippen LogP contribution in [0.5, 0.6) is 17.2 Å². The number of rotatable bonds is 19. The van der Waals surface area contributed by atoms with Crippen molar-refractivity contribution in [2.75, 3.05) is 46.2 Å². The summed E-state index contributed by atoms with van der Waals surface area (Å²) in [5, 5.41) is 18.9. The minimum Gasteiger partial charge on any atom is -0.506 e. The van der Waals surface area contributed by atoms with E-state index in [2.05, 4.69) is 15.7 Å². The van der Waals surface area contributed by atoms with Gasteiger partial charge in [0.05, 0.1) is 59.4 Å². The Morgan fingerprint density at radius 2 is 1.56 bits per heavy atom. The van der Waals surface area contributed by atoms with Crippen LogP contribution in [0.25, 0.3) is 22.4 Å². The lowest BCUT2D eigenvalue weighted by Crippen LogP contribution is -2.54. The van der Waals surface area contributed by atoms with Crippen molar-refractivity contribution in [2.45, 2.75) is 50.5 Å². The number of alkyl halides is 6. The Morgan fingerprint density at radius 1 is 0.844 bits per heavy atom. The van der Waals surface area contributed by atoms with E-state index in [-0.39, 0.29) is 90.8 Å². The van der Waals surface area contributed by atoms with Crippen LogP contribution in [0.15, 0.2) is 54.6 Å². The molecule has 1 aromatic heterocycles. The molecule has 3 heterocycles. The molecule has 0 saturated carbocycles. The number of nitrogens with zero attached hydrogens (tertiary/aromatic N) is 3. The Morgan fingerprint density at radius 3 is 2.27 bits per heavy atom. The van der Waals surface area contributed by atoms with Crippen molar-refractivity contribution >= 4 is 41.1 Å². The molecule has 1 atom stereocenters. The number of imide groups is 2. The summed E-state index contributed by atoms with van der Waals surface area (Å²) < 4.78 is 105. The van der Waals surface area contributed by atoms with E-state index in [1.807, 2.05) is 0 Å². The summed E-state index contributed by atoms with van der Waals surface area (Å²) in [6.45, 7) is 0.676. The number of hydrogen-bond acceptors (Lipinski definition) is 11. The lowest BCUT2D eigenvalue weighted by Gasteiger charge is -2.27. The number of aromatic nitrogens is 2. The maximum absolute atomic E-state index is 13.8. The van der Waals surface area contributed by atoms with Gasteiger partial charge < -0.3 is 29.4 Å². The highest BCUT2D eigenvalue weighted by Gasteiger charge is 2.46. The molecule has 342 valence electrons. The molecular weight excluding hydrogens is 884 g/mol. The van der Waals surface area contributed by atoms with Crippen LogP contribution in [0.3, 0.4) is 0 Å². The first-order valence-corrected chi connectivity index (χ1v) is 20.1. The van der Waals surface area contributed by atoms with Gasteiger partial charge in [0.2, 0.25) is 11.8 Å². The topological polar surface area (TPSA) is 188 Å². The summed E-state index contributed by atoms with van der Waals surface area (Å²) in [7, 11) is 1.23. The Labute approximate surface area is 365 Å². The Hall–Kier alpha value is -6.19. The molecule has 1 unspecified atom stereocenters. The van der Waals surface area contributed by atoms with E-state index in [9.17, 15) is 55.4 Å². The zero-order valence-electron chi connectivity index (χ0n) is 33.9. The number of nitrogens with one attached hydrogen (secondary N) is 2. The van der Waals surface area contributed by atoms with E-state index in [4.69, 9.17) is 30.5 Å². The number of carbonyl (C=O) groups excluding carboxylic acids is 5. The van der Waals surface area contributed by atoms with Gasteiger partial charge in [0.1, 0.15) is 23.3 Å². The highest BCUT2D eigenvalue weighted by Crippen LogP contribution is 2.47. The van der Waals surface area contributed by atoms with E-state index >= 15 is 0 Å². The van der Waals surface area contributed by atoms with Gasteiger partial charge in [0.25, 0.3) is 17.7 Å². The molecule has 6 rings (SSSR count). The van der Waals surface area contributed by atoms with Crippen LogP contribution in [-0.2, 0) is 43.3 Å². The third kappa shape index (κ3) is 10.9. The van der Waals surface area contributed by atoms with Crippen molar-refractivity contribution in [3.05, 3.63) is 82.0 Å². The van der Waals surface area contributed by atoms with Gasteiger partial charge in [-0.2, -0.15) is 31.4 Å². The number of hydrogen-bond donors (Lipinski definition) is 3. The Balaban J connectivity index is 0.898. The van der Waals surface area contributed by atoms with Crippen molar-refractivity contribution in [1.29, 1.82) is 0 Å². The predicted octanol–water partition coefficient (Wildman–Crippen LogP) is 6.33. The molecule has 0 spiro atoms. The number of halogens is 7. The maximum Gasteiger partial charge on any atom is 0.435 e. The number of aryl methyl sites for hydroxylation is 1. The minimum atomic E-state index is -4.84. The van der Waals surface area contributed by atoms with Crippen LogP contribution < -0.4 is 20.1 Å². The molecule has 0 aliphatic carbocycles. The second kappa shape index (κ2) is 20.1. The summed E-state index contributed by atoms with van der Waals surface area (Å²) in [6.07, 6.45) is -7.99. The van der Waals surface area contributed by atoms with E-state index in [0.717, 1.165) is 21.7 Å². The quantitative estimate of drug-likeness (QED) is 0.0542. The summed E-state index contributed by atoms with van der Waals surface area (Å²) in [5.41, 5.74) is -3.06. The molecule has 22 heteroatoms. The Kier molecular flexibility index (Phi) is 14.9. The molecule has 3 aromatic carbocycles. The van der Waals surface area contributed by atoms with Crippen LogP contribution in [0.1, 0.15) is 64.1 Å². The number of ether oxygens (including phenoxy) is 4. The highest BCUT2D eigenvalue weighted by atomic mass is 35.5. The second-order valence-corrected chi connectivity index (χ2v) is 14.9. The maximum atomic E-state index is 13.8. The molecule has 0 bridgehead atoms. The van der Waals surface area contributed by atoms with E-state index in [0.29, 0.717) is 31.9 Å². The van der Waals surface area contributed by atoms with Crippen LogP contribution in [-0.4, -0.2) is 102 Å². The van der Waals surface area contributed by atoms with Crippen molar-refractivity contribution in [3.8, 4) is 39.6 Å². The molecule has 2 aliphatic heterocycles. The summed E-state index contributed by atoms with van der Waals surface area (Å²) in [6, 6.07) is 9.46. The average Bonchev–Trinajstić information content (AvgIpc) is 3.75. The van der Waals surface area contributed by atoms with Gasteiger partial charge in [-0.25, -0.2) is 0 Å². The molecule has 2 aliphatic rings. The fourth-order valence-electron chi connectivity index (χ4n) is 6.98. The van der Waals surface area contributed by atoms with Crippen molar-refractivity contribution in [3.63, 3.8) is 0 Å². The normalized spacial score (nSPS) is 15.4.